The Morgan fingerprint density at radius 1 is 1.33 bits per heavy atom. The molecule has 12 heavy (non-hydrogen) atoms. The molecule has 0 spiro atoms. The van der Waals surface area contributed by atoms with Gasteiger partial charge in [0, 0.05) is 5.25 Å². The molecule has 0 N–H and O–H groups in total. The number of fused-ring (bicyclic) bond motifs is 1. The Morgan fingerprint density at radius 2 is 2.17 bits per heavy atom. The zero-order chi connectivity index (χ0) is 8.55. The number of rotatable bonds is 0. The van der Waals surface area contributed by atoms with E-state index in [1.165, 1.54) is 17.2 Å². The molecular weight excluding hydrogens is 171 g/mol. The largest absolute Gasteiger partial charge is 0.207 e. The molecule has 0 amide bonds. The highest BCUT2D eigenvalue weighted by atomic mass is 32.1. The standard InChI is InChI=1S/C10H11FS/c11-9-3-1-8-6-10(12)4-2-7(8)5-9/h1,3,5,10,12H,2,4,6H2. The molecule has 0 nitrogen and oxygen atoms in total. The molecular formula is C10H11FS. The normalized spacial score (nSPS) is 22.0. The molecule has 1 aromatic carbocycles. The van der Waals surface area contributed by atoms with Crippen LogP contribution in [0, 0.1) is 5.82 Å². The number of hydrogen-bond acceptors (Lipinski definition) is 1. The van der Waals surface area contributed by atoms with Gasteiger partial charge < -0.3 is 0 Å². The molecule has 0 saturated heterocycles. The molecule has 0 aliphatic heterocycles. The van der Waals surface area contributed by atoms with E-state index in [4.69, 9.17) is 0 Å². The summed E-state index contributed by atoms with van der Waals surface area (Å²) in [6, 6.07) is 5.06. The predicted molar refractivity (Wildman–Crippen MR) is 51.2 cm³/mol. The van der Waals surface area contributed by atoms with Crippen molar-refractivity contribution in [1.29, 1.82) is 0 Å². The van der Waals surface area contributed by atoms with Gasteiger partial charge in [0.25, 0.3) is 0 Å². The summed E-state index contributed by atoms with van der Waals surface area (Å²) >= 11 is 4.42. The Morgan fingerprint density at radius 3 is 3.00 bits per heavy atom. The van der Waals surface area contributed by atoms with Crippen molar-refractivity contribution in [2.45, 2.75) is 24.5 Å². The van der Waals surface area contributed by atoms with Gasteiger partial charge in [-0.15, -0.1) is 0 Å². The van der Waals surface area contributed by atoms with Crippen molar-refractivity contribution in [3.8, 4) is 0 Å². The van der Waals surface area contributed by atoms with Gasteiger partial charge in [0.2, 0.25) is 0 Å². The maximum absolute atomic E-state index is 12.8. The lowest BCUT2D eigenvalue weighted by molar-refractivity contribution is 0.616. The van der Waals surface area contributed by atoms with E-state index in [9.17, 15) is 4.39 Å². The molecule has 1 aromatic rings. The third kappa shape index (κ3) is 1.48. The Bertz CT molecular complexity index is 296. The van der Waals surface area contributed by atoms with Crippen LogP contribution < -0.4 is 0 Å². The van der Waals surface area contributed by atoms with Gasteiger partial charge in [-0.1, -0.05) is 6.07 Å². The first-order chi connectivity index (χ1) is 5.75. The van der Waals surface area contributed by atoms with Gasteiger partial charge in [0.05, 0.1) is 0 Å². The molecule has 0 aromatic heterocycles. The lowest BCUT2D eigenvalue weighted by atomic mass is 9.91. The Labute approximate surface area is 77.2 Å². The molecule has 0 radical (unpaired) electrons. The SMILES string of the molecule is Fc1ccc2c(c1)CCC(S)C2. The highest BCUT2D eigenvalue weighted by Crippen LogP contribution is 2.24. The van der Waals surface area contributed by atoms with Crippen molar-refractivity contribution >= 4 is 12.6 Å². The molecule has 1 aliphatic carbocycles. The van der Waals surface area contributed by atoms with E-state index in [1.807, 2.05) is 6.07 Å². The summed E-state index contributed by atoms with van der Waals surface area (Å²) in [6.07, 6.45) is 3.03. The lowest BCUT2D eigenvalue weighted by Gasteiger charge is -2.20. The minimum atomic E-state index is -0.119. The third-order valence-electron chi connectivity index (χ3n) is 2.37. The van der Waals surface area contributed by atoms with Crippen LogP contribution in [-0.4, -0.2) is 5.25 Å². The highest BCUT2D eigenvalue weighted by Gasteiger charge is 2.15. The van der Waals surface area contributed by atoms with Gasteiger partial charge in [0.1, 0.15) is 5.82 Å². The first kappa shape index (κ1) is 8.11. The lowest BCUT2D eigenvalue weighted by Crippen LogP contribution is -2.13. The number of benzene rings is 1. The molecule has 1 aliphatic rings. The third-order valence-corrected chi connectivity index (χ3v) is 2.81. The summed E-state index contributed by atoms with van der Waals surface area (Å²) in [6.45, 7) is 0. The molecule has 2 rings (SSSR count). The van der Waals surface area contributed by atoms with Crippen LogP contribution in [0.5, 0.6) is 0 Å². The summed E-state index contributed by atoms with van der Waals surface area (Å²) in [5.41, 5.74) is 2.43. The van der Waals surface area contributed by atoms with Gasteiger partial charge in [-0.2, -0.15) is 12.6 Å². The van der Waals surface area contributed by atoms with Gasteiger partial charge >= 0.3 is 0 Å². The van der Waals surface area contributed by atoms with E-state index in [0.717, 1.165) is 19.3 Å². The van der Waals surface area contributed by atoms with E-state index < -0.39 is 0 Å². The Kier molecular flexibility index (Phi) is 2.09. The number of thiol groups is 1. The van der Waals surface area contributed by atoms with Crippen LogP contribution in [0.15, 0.2) is 18.2 Å². The summed E-state index contributed by atoms with van der Waals surface area (Å²) in [7, 11) is 0. The van der Waals surface area contributed by atoms with Gasteiger partial charge in [-0.05, 0) is 42.5 Å². The van der Waals surface area contributed by atoms with E-state index in [-0.39, 0.29) is 5.82 Å². The van der Waals surface area contributed by atoms with Crippen LogP contribution in [0.25, 0.3) is 0 Å². The average Bonchev–Trinajstić information content (AvgIpc) is 2.05. The van der Waals surface area contributed by atoms with E-state index in [1.54, 1.807) is 6.07 Å². The van der Waals surface area contributed by atoms with Gasteiger partial charge in [-0.25, -0.2) is 4.39 Å². The van der Waals surface area contributed by atoms with Gasteiger partial charge in [0.15, 0.2) is 0 Å². The molecule has 0 fully saturated rings. The number of aryl methyl sites for hydroxylation is 1. The van der Waals surface area contributed by atoms with Gasteiger partial charge in [-0.3, -0.25) is 0 Å². The summed E-state index contributed by atoms with van der Waals surface area (Å²) in [5, 5.41) is 0.461. The quantitative estimate of drug-likeness (QED) is 0.586. The van der Waals surface area contributed by atoms with Crippen LogP contribution in [-0.2, 0) is 12.8 Å². The smallest absolute Gasteiger partial charge is 0.123 e. The molecule has 1 atom stereocenters. The fourth-order valence-corrected chi connectivity index (χ4v) is 2.03. The van der Waals surface area contributed by atoms with Crippen LogP contribution >= 0.6 is 12.6 Å². The predicted octanol–water partition coefficient (Wildman–Crippen LogP) is 2.61. The van der Waals surface area contributed by atoms with Crippen LogP contribution in [0.1, 0.15) is 17.5 Å². The molecule has 2 heteroatoms. The average molecular weight is 182 g/mol. The monoisotopic (exact) mass is 182 g/mol. The maximum atomic E-state index is 12.8. The molecule has 0 heterocycles. The molecule has 0 bridgehead atoms. The van der Waals surface area contributed by atoms with Crippen LogP contribution in [0.3, 0.4) is 0 Å². The van der Waals surface area contributed by atoms with Crippen LogP contribution in [0.2, 0.25) is 0 Å². The fraction of sp³-hybridized carbons (Fsp3) is 0.400. The maximum Gasteiger partial charge on any atom is 0.123 e. The number of halogens is 1. The second-order valence-corrected chi connectivity index (χ2v) is 4.04. The van der Waals surface area contributed by atoms with Crippen molar-refractivity contribution < 1.29 is 4.39 Å². The van der Waals surface area contributed by atoms with Crippen LogP contribution in [0.4, 0.5) is 4.39 Å². The zero-order valence-corrected chi connectivity index (χ0v) is 7.65. The van der Waals surface area contributed by atoms with Crippen molar-refractivity contribution in [2.24, 2.45) is 0 Å². The summed E-state index contributed by atoms with van der Waals surface area (Å²) < 4.78 is 12.8. The summed E-state index contributed by atoms with van der Waals surface area (Å²) in [4.78, 5) is 0. The zero-order valence-electron chi connectivity index (χ0n) is 6.76. The van der Waals surface area contributed by atoms with E-state index >= 15 is 0 Å². The van der Waals surface area contributed by atoms with Crippen molar-refractivity contribution in [1.82, 2.24) is 0 Å². The van der Waals surface area contributed by atoms with E-state index in [0.29, 0.717) is 5.25 Å². The second kappa shape index (κ2) is 3.09. The van der Waals surface area contributed by atoms with Crippen molar-refractivity contribution in [3.05, 3.63) is 35.1 Å². The van der Waals surface area contributed by atoms with Crippen molar-refractivity contribution in [2.75, 3.05) is 0 Å². The number of hydrogen-bond donors (Lipinski definition) is 1. The Hall–Kier alpha value is -0.500. The van der Waals surface area contributed by atoms with Crippen molar-refractivity contribution in [3.63, 3.8) is 0 Å². The first-order valence-corrected chi connectivity index (χ1v) is 4.73. The minimum Gasteiger partial charge on any atom is -0.207 e. The molecule has 64 valence electrons. The van der Waals surface area contributed by atoms with E-state index in [2.05, 4.69) is 12.6 Å². The first-order valence-electron chi connectivity index (χ1n) is 4.21. The molecule has 0 saturated carbocycles. The Balaban J connectivity index is 2.37. The second-order valence-electron chi connectivity index (χ2n) is 3.31. The highest BCUT2D eigenvalue weighted by molar-refractivity contribution is 7.80. The molecule has 1 unspecified atom stereocenters. The minimum absolute atomic E-state index is 0.119. The fourth-order valence-electron chi connectivity index (χ4n) is 1.70. The topological polar surface area (TPSA) is 0 Å². The summed E-state index contributed by atoms with van der Waals surface area (Å²) in [5.74, 6) is -0.119.